The van der Waals surface area contributed by atoms with Crippen molar-refractivity contribution in [3.8, 4) is 0 Å². The van der Waals surface area contributed by atoms with Crippen LogP contribution in [0, 0.1) is 11.3 Å². The molecule has 0 spiro atoms. The van der Waals surface area contributed by atoms with E-state index in [1.807, 2.05) is 0 Å². The van der Waals surface area contributed by atoms with Gasteiger partial charge in [-0.2, -0.15) is 0 Å². The molecule has 0 saturated heterocycles. The Morgan fingerprint density at radius 2 is 1.69 bits per heavy atom. The Balaban J connectivity index is 1.97. The lowest BCUT2D eigenvalue weighted by atomic mass is 9.82. The summed E-state index contributed by atoms with van der Waals surface area (Å²) in [6.07, 6.45) is 16.3. The molecule has 0 aromatic heterocycles. The maximum Gasteiger partial charge on any atom is 0.305 e. The third-order valence-electron chi connectivity index (χ3n) is 6.13. The molecule has 4 nitrogen and oxygen atoms in total. The molecule has 0 aromatic rings. The van der Waals surface area contributed by atoms with Gasteiger partial charge in [0.15, 0.2) is 0 Å². The number of rotatable bonds is 17. The van der Waals surface area contributed by atoms with Gasteiger partial charge in [-0.15, -0.1) is 0 Å². The number of unbranched alkanes of at least 4 members (excludes halogenated alkanes) is 7. The standard InChI is InChI=1S/C22H42O4/c1-3-4-5-9-12-19(2)22(15-16-22)14-11-8-6-7-10-13-21(25)26-18-20(24)17-23/h19-20,23-24H,3-18H2,1-2H3. The quantitative estimate of drug-likeness (QED) is 0.279. The number of hydrogen-bond acceptors (Lipinski definition) is 4. The number of aliphatic hydroxyl groups excluding tert-OH is 2. The van der Waals surface area contributed by atoms with E-state index in [-0.39, 0.29) is 19.2 Å². The van der Waals surface area contributed by atoms with Gasteiger partial charge in [-0.25, -0.2) is 0 Å². The van der Waals surface area contributed by atoms with Crippen molar-refractivity contribution in [2.75, 3.05) is 13.2 Å². The molecule has 2 unspecified atom stereocenters. The van der Waals surface area contributed by atoms with E-state index in [4.69, 9.17) is 14.9 Å². The maximum atomic E-state index is 11.5. The minimum atomic E-state index is -0.956. The normalized spacial score (nSPS) is 17.7. The summed E-state index contributed by atoms with van der Waals surface area (Å²) in [5.41, 5.74) is 0.670. The second-order valence-corrected chi connectivity index (χ2v) is 8.40. The Morgan fingerprint density at radius 3 is 2.35 bits per heavy atom. The number of esters is 1. The highest BCUT2D eigenvalue weighted by Gasteiger charge is 2.45. The van der Waals surface area contributed by atoms with E-state index in [2.05, 4.69) is 13.8 Å². The van der Waals surface area contributed by atoms with Gasteiger partial charge < -0.3 is 14.9 Å². The van der Waals surface area contributed by atoms with Crippen LogP contribution in [0.4, 0.5) is 0 Å². The van der Waals surface area contributed by atoms with Crippen LogP contribution in [0.2, 0.25) is 0 Å². The summed E-state index contributed by atoms with van der Waals surface area (Å²) in [5.74, 6) is 0.620. The molecule has 0 heterocycles. The lowest BCUT2D eigenvalue weighted by molar-refractivity contribution is -0.147. The van der Waals surface area contributed by atoms with Crippen LogP contribution in [0.25, 0.3) is 0 Å². The van der Waals surface area contributed by atoms with Crippen molar-refractivity contribution in [2.24, 2.45) is 11.3 Å². The first-order valence-corrected chi connectivity index (χ1v) is 11.0. The topological polar surface area (TPSA) is 66.8 Å². The maximum absolute atomic E-state index is 11.5. The van der Waals surface area contributed by atoms with Crippen molar-refractivity contribution in [3.05, 3.63) is 0 Å². The molecule has 0 amide bonds. The molecule has 0 aromatic carbocycles. The van der Waals surface area contributed by atoms with Crippen LogP contribution in [0.1, 0.15) is 104 Å². The van der Waals surface area contributed by atoms with Crippen molar-refractivity contribution in [2.45, 2.75) is 110 Å². The van der Waals surface area contributed by atoms with Gasteiger partial charge in [0.25, 0.3) is 0 Å². The molecule has 154 valence electrons. The van der Waals surface area contributed by atoms with Crippen molar-refractivity contribution in [3.63, 3.8) is 0 Å². The summed E-state index contributed by atoms with van der Waals surface area (Å²) in [5, 5.41) is 17.8. The lowest BCUT2D eigenvalue weighted by Crippen LogP contribution is -2.21. The van der Waals surface area contributed by atoms with Gasteiger partial charge in [-0.1, -0.05) is 71.6 Å². The molecule has 0 radical (unpaired) electrons. The Kier molecular flexibility index (Phi) is 12.2. The highest BCUT2D eigenvalue weighted by molar-refractivity contribution is 5.69. The fourth-order valence-corrected chi connectivity index (χ4v) is 3.92. The summed E-state index contributed by atoms with van der Waals surface area (Å²) >= 11 is 0. The summed E-state index contributed by atoms with van der Waals surface area (Å²) in [6.45, 7) is 4.27. The summed E-state index contributed by atoms with van der Waals surface area (Å²) in [7, 11) is 0. The van der Waals surface area contributed by atoms with E-state index < -0.39 is 6.10 Å². The van der Waals surface area contributed by atoms with Crippen LogP contribution in [0.5, 0.6) is 0 Å². The highest BCUT2D eigenvalue weighted by atomic mass is 16.5. The monoisotopic (exact) mass is 370 g/mol. The lowest BCUT2D eigenvalue weighted by Gasteiger charge is -2.23. The molecule has 1 aliphatic rings. The first-order chi connectivity index (χ1) is 12.5. The Morgan fingerprint density at radius 1 is 1.04 bits per heavy atom. The van der Waals surface area contributed by atoms with Crippen LogP contribution in [-0.4, -0.2) is 35.5 Å². The summed E-state index contributed by atoms with van der Waals surface area (Å²) < 4.78 is 4.90. The van der Waals surface area contributed by atoms with Gasteiger partial charge in [0.1, 0.15) is 12.7 Å². The molecule has 4 heteroatoms. The molecular weight excluding hydrogens is 328 g/mol. The largest absolute Gasteiger partial charge is 0.463 e. The number of aliphatic hydroxyl groups is 2. The molecular formula is C22H42O4. The molecule has 26 heavy (non-hydrogen) atoms. The van der Waals surface area contributed by atoms with Gasteiger partial charge in [0.2, 0.25) is 0 Å². The minimum Gasteiger partial charge on any atom is -0.463 e. The summed E-state index contributed by atoms with van der Waals surface area (Å²) in [6, 6.07) is 0. The SMILES string of the molecule is CCCCCCC(C)C1(CCCCCCCC(=O)OCC(O)CO)CC1. The molecule has 1 aliphatic carbocycles. The van der Waals surface area contributed by atoms with Gasteiger partial charge in [-0.05, 0) is 37.0 Å². The fraction of sp³-hybridized carbons (Fsp3) is 0.955. The number of ether oxygens (including phenoxy) is 1. The van der Waals surface area contributed by atoms with Crippen LogP contribution < -0.4 is 0 Å². The Labute approximate surface area is 160 Å². The second-order valence-electron chi connectivity index (χ2n) is 8.40. The van der Waals surface area contributed by atoms with Gasteiger partial charge >= 0.3 is 5.97 Å². The van der Waals surface area contributed by atoms with E-state index in [1.165, 1.54) is 70.6 Å². The third-order valence-corrected chi connectivity index (χ3v) is 6.13. The molecule has 2 atom stereocenters. The van der Waals surface area contributed by atoms with E-state index >= 15 is 0 Å². The van der Waals surface area contributed by atoms with Crippen molar-refractivity contribution >= 4 is 5.97 Å². The molecule has 0 bridgehead atoms. The number of carbonyl (C=O) groups excluding carboxylic acids is 1. The zero-order chi connectivity index (χ0) is 19.3. The van der Waals surface area contributed by atoms with Crippen molar-refractivity contribution < 1.29 is 19.7 Å². The van der Waals surface area contributed by atoms with E-state index in [0.717, 1.165) is 18.8 Å². The molecule has 1 saturated carbocycles. The zero-order valence-corrected chi connectivity index (χ0v) is 17.2. The Hall–Kier alpha value is -0.610. The smallest absolute Gasteiger partial charge is 0.305 e. The first-order valence-electron chi connectivity index (χ1n) is 11.0. The second kappa shape index (κ2) is 13.5. The zero-order valence-electron chi connectivity index (χ0n) is 17.2. The van der Waals surface area contributed by atoms with E-state index in [9.17, 15) is 4.79 Å². The molecule has 1 fully saturated rings. The van der Waals surface area contributed by atoms with E-state index in [0.29, 0.717) is 11.8 Å². The predicted octanol–water partition coefficient (Wildman–Crippen LogP) is 5.00. The number of hydrogen-bond donors (Lipinski definition) is 2. The highest BCUT2D eigenvalue weighted by Crippen LogP contribution is 2.57. The molecule has 0 aliphatic heterocycles. The van der Waals surface area contributed by atoms with Gasteiger partial charge in [-0.3, -0.25) is 4.79 Å². The van der Waals surface area contributed by atoms with Gasteiger partial charge in [0.05, 0.1) is 6.61 Å². The fourth-order valence-electron chi connectivity index (χ4n) is 3.92. The van der Waals surface area contributed by atoms with Crippen LogP contribution in [-0.2, 0) is 9.53 Å². The third kappa shape index (κ3) is 9.91. The minimum absolute atomic E-state index is 0.103. The molecule has 1 rings (SSSR count). The van der Waals surface area contributed by atoms with Crippen molar-refractivity contribution in [1.82, 2.24) is 0 Å². The Bertz CT molecular complexity index is 365. The first kappa shape index (κ1) is 23.4. The van der Waals surface area contributed by atoms with Crippen molar-refractivity contribution in [1.29, 1.82) is 0 Å². The van der Waals surface area contributed by atoms with Crippen LogP contribution in [0.15, 0.2) is 0 Å². The van der Waals surface area contributed by atoms with E-state index in [1.54, 1.807) is 0 Å². The van der Waals surface area contributed by atoms with Crippen LogP contribution >= 0.6 is 0 Å². The van der Waals surface area contributed by atoms with Gasteiger partial charge in [0, 0.05) is 6.42 Å². The summed E-state index contributed by atoms with van der Waals surface area (Å²) in [4.78, 5) is 11.5. The molecule has 2 N–H and O–H groups in total. The van der Waals surface area contributed by atoms with Crippen LogP contribution in [0.3, 0.4) is 0 Å². The average molecular weight is 371 g/mol. The number of carbonyl (C=O) groups is 1. The predicted molar refractivity (Wildman–Crippen MR) is 106 cm³/mol. The average Bonchev–Trinajstić information content (AvgIpc) is 3.43.